The summed E-state index contributed by atoms with van der Waals surface area (Å²) in [5, 5.41) is 0. The Hall–Kier alpha value is -1.83. The predicted octanol–water partition coefficient (Wildman–Crippen LogP) is 7.21. The van der Waals surface area contributed by atoms with Gasteiger partial charge in [0, 0.05) is 6.92 Å². The highest BCUT2D eigenvalue weighted by molar-refractivity contribution is 5.66. The van der Waals surface area contributed by atoms with Gasteiger partial charge in [-0.05, 0) is 97.0 Å². The molecule has 0 spiro atoms. The number of hydrogen-bond acceptors (Lipinski definition) is 2. The van der Waals surface area contributed by atoms with Gasteiger partial charge in [0.05, 0.1) is 0 Å². The minimum absolute atomic E-state index is 0.108. The fourth-order valence-electron chi connectivity index (χ4n) is 8.17. The number of allylic oxidation sites excluding steroid dienone is 3. The Morgan fingerprint density at radius 3 is 2.58 bits per heavy atom. The lowest BCUT2D eigenvalue weighted by Crippen LogP contribution is -2.53. The van der Waals surface area contributed by atoms with E-state index in [1.54, 1.807) is 12.5 Å². The smallest absolute Gasteiger partial charge is 0.302 e. The summed E-state index contributed by atoms with van der Waals surface area (Å²) in [6.07, 6.45) is 17.4. The van der Waals surface area contributed by atoms with Crippen LogP contribution in [0.15, 0.2) is 48.1 Å². The Bertz CT molecular complexity index is 883. The molecule has 31 heavy (non-hydrogen) atoms. The zero-order valence-electron chi connectivity index (χ0n) is 19.5. The Morgan fingerprint density at radius 2 is 1.81 bits per heavy atom. The Balaban J connectivity index is 1.32. The van der Waals surface area contributed by atoms with Gasteiger partial charge in [0.2, 0.25) is 0 Å². The van der Waals surface area contributed by atoms with Gasteiger partial charge in [-0.1, -0.05) is 62.4 Å². The molecule has 4 aliphatic carbocycles. The molecule has 2 nitrogen and oxygen atoms in total. The van der Waals surface area contributed by atoms with Crippen molar-refractivity contribution in [3.05, 3.63) is 53.6 Å². The van der Waals surface area contributed by atoms with Crippen LogP contribution in [-0.2, 0) is 9.53 Å². The first-order valence-corrected chi connectivity index (χ1v) is 12.5. The average Bonchev–Trinajstić information content (AvgIpc) is 3.09. The molecule has 0 amide bonds. The van der Waals surface area contributed by atoms with Crippen molar-refractivity contribution in [2.75, 3.05) is 0 Å². The van der Waals surface area contributed by atoms with E-state index in [1.165, 1.54) is 44.1 Å². The number of carbonyl (C=O) groups excluding carboxylic acids is 1. The average molecular weight is 419 g/mol. The van der Waals surface area contributed by atoms with Crippen molar-refractivity contribution in [2.24, 2.45) is 34.5 Å². The van der Waals surface area contributed by atoms with Crippen molar-refractivity contribution in [2.45, 2.75) is 78.2 Å². The third-order valence-electron chi connectivity index (χ3n) is 9.85. The minimum atomic E-state index is -0.108. The topological polar surface area (TPSA) is 26.3 Å². The minimum Gasteiger partial charge on any atom is -0.463 e. The molecule has 3 saturated carbocycles. The van der Waals surface area contributed by atoms with Gasteiger partial charge < -0.3 is 4.74 Å². The molecule has 2 heteroatoms. The number of carbonyl (C=O) groups is 1. The first kappa shape index (κ1) is 21.0. The second kappa shape index (κ2) is 7.94. The molecule has 0 unspecified atom stereocenters. The van der Waals surface area contributed by atoms with Gasteiger partial charge in [0.25, 0.3) is 0 Å². The molecule has 0 saturated heterocycles. The van der Waals surface area contributed by atoms with E-state index in [1.807, 2.05) is 0 Å². The monoisotopic (exact) mass is 418 g/mol. The first-order valence-electron chi connectivity index (χ1n) is 12.5. The Morgan fingerprint density at radius 1 is 1.00 bits per heavy atom. The van der Waals surface area contributed by atoms with Gasteiger partial charge in [-0.2, -0.15) is 0 Å². The molecule has 0 radical (unpaired) electrons. The summed E-state index contributed by atoms with van der Waals surface area (Å²) in [7, 11) is 0. The molecule has 3 fully saturated rings. The summed E-state index contributed by atoms with van der Waals surface area (Å²) >= 11 is 0. The van der Waals surface area contributed by atoms with Crippen LogP contribution in [0, 0.1) is 34.5 Å². The summed E-state index contributed by atoms with van der Waals surface area (Å²) < 4.78 is 5.63. The number of hydrogen-bond donors (Lipinski definition) is 0. The molecule has 0 N–H and O–H groups in total. The lowest BCUT2D eigenvalue weighted by Gasteiger charge is -2.60. The van der Waals surface area contributed by atoms with E-state index >= 15 is 0 Å². The number of fused-ring (bicyclic) bond motifs is 5. The molecule has 0 bridgehead atoms. The molecular formula is C29H38O2. The second-order valence-electron chi connectivity index (χ2n) is 11.3. The second-order valence-corrected chi connectivity index (χ2v) is 11.3. The maximum atomic E-state index is 11.5. The maximum Gasteiger partial charge on any atom is 0.302 e. The van der Waals surface area contributed by atoms with E-state index in [0.29, 0.717) is 10.8 Å². The predicted molar refractivity (Wildman–Crippen MR) is 126 cm³/mol. The van der Waals surface area contributed by atoms with Crippen molar-refractivity contribution in [3.63, 3.8) is 0 Å². The van der Waals surface area contributed by atoms with Gasteiger partial charge in [0.15, 0.2) is 0 Å². The molecule has 0 aromatic heterocycles. The fourth-order valence-corrected chi connectivity index (χ4v) is 8.17. The third kappa shape index (κ3) is 3.60. The van der Waals surface area contributed by atoms with Crippen LogP contribution < -0.4 is 0 Å². The zero-order chi connectivity index (χ0) is 21.6. The van der Waals surface area contributed by atoms with Crippen LogP contribution in [0.4, 0.5) is 0 Å². The van der Waals surface area contributed by atoms with E-state index in [0.717, 1.165) is 36.5 Å². The lowest BCUT2D eigenvalue weighted by molar-refractivity contribution is -0.158. The number of benzene rings is 1. The van der Waals surface area contributed by atoms with Gasteiger partial charge in [-0.25, -0.2) is 0 Å². The number of rotatable bonds is 3. The van der Waals surface area contributed by atoms with Crippen LogP contribution in [0.5, 0.6) is 0 Å². The molecule has 166 valence electrons. The van der Waals surface area contributed by atoms with Crippen LogP contribution in [0.25, 0.3) is 6.08 Å². The number of esters is 1. The van der Waals surface area contributed by atoms with E-state index in [9.17, 15) is 4.79 Å². The highest BCUT2D eigenvalue weighted by Gasteiger charge is 2.58. The molecule has 4 aliphatic rings. The molecule has 1 aromatic rings. The van der Waals surface area contributed by atoms with Crippen molar-refractivity contribution in [3.8, 4) is 0 Å². The standard InChI is InChI=1S/C29H38O2/c1-20(30)31-24-15-17-29(3)23(19-24)11-13-25-26-14-12-22(28(26,2)18-16-27(25)29)10-9-21-7-5-4-6-8-21/h4-10,12,23-27H,11,13-19H2,1-3H3/b10-9-/t23-,24+,25-,26-,27-,28+,29-/m0/s1. The van der Waals surface area contributed by atoms with E-state index in [4.69, 9.17) is 4.74 Å². The van der Waals surface area contributed by atoms with Gasteiger partial charge in [-0.15, -0.1) is 0 Å². The molecule has 5 rings (SSSR count). The van der Waals surface area contributed by atoms with Gasteiger partial charge in [0.1, 0.15) is 6.10 Å². The molecular weight excluding hydrogens is 380 g/mol. The fraction of sp³-hybridized carbons (Fsp3) is 0.621. The third-order valence-corrected chi connectivity index (χ3v) is 9.85. The summed E-state index contributed by atoms with van der Waals surface area (Å²) in [4.78, 5) is 11.5. The lowest BCUT2D eigenvalue weighted by atomic mass is 9.44. The maximum absolute atomic E-state index is 11.5. The van der Waals surface area contributed by atoms with Crippen LogP contribution in [-0.4, -0.2) is 12.1 Å². The van der Waals surface area contributed by atoms with E-state index in [2.05, 4.69) is 62.4 Å². The van der Waals surface area contributed by atoms with Gasteiger partial charge >= 0.3 is 5.97 Å². The number of ether oxygens (including phenoxy) is 1. The highest BCUT2D eigenvalue weighted by atomic mass is 16.5. The van der Waals surface area contributed by atoms with Crippen molar-refractivity contribution in [1.82, 2.24) is 0 Å². The van der Waals surface area contributed by atoms with Crippen LogP contribution >= 0.6 is 0 Å². The summed E-state index contributed by atoms with van der Waals surface area (Å²) in [5.41, 5.74) is 3.64. The summed E-state index contributed by atoms with van der Waals surface area (Å²) in [6, 6.07) is 10.7. The first-order chi connectivity index (χ1) is 14.9. The molecule has 1 aromatic carbocycles. The van der Waals surface area contributed by atoms with Crippen molar-refractivity contribution >= 4 is 12.0 Å². The van der Waals surface area contributed by atoms with Crippen molar-refractivity contribution in [1.29, 1.82) is 0 Å². The summed E-state index contributed by atoms with van der Waals surface area (Å²) in [6.45, 7) is 6.69. The highest BCUT2D eigenvalue weighted by Crippen LogP contribution is 2.66. The largest absolute Gasteiger partial charge is 0.463 e. The summed E-state index contributed by atoms with van der Waals surface area (Å²) in [5.74, 6) is 3.11. The van der Waals surface area contributed by atoms with Crippen molar-refractivity contribution < 1.29 is 9.53 Å². The van der Waals surface area contributed by atoms with E-state index in [-0.39, 0.29) is 12.1 Å². The van der Waals surface area contributed by atoms with Crippen LogP contribution in [0.2, 0.25) is 0 Å². The van der Waals surface area contributed by atoms with Crippen LogP contribution in [0.1, 0.15) is 77.7 Å². The normalized spacial score (nSPS) is 41.8. The van der Waals surface area contributed by atoms with E-state index < -0.39 is 0 Å². The van der Waals surface area contributed by atoms with Gasteiger partial charge in [-0.3, -0.25) is 4.79 Å². The SMILES string of the molecule is CC(=O)O[C@@H]1CC[C@@]2(C)[C@@H](CC[C@@H]3[C@@H]2CC[C@]2(C)C(/C=C\c4ccccc4)=CC[C@@H]32)C1. The Kier molecular flexibility index (Phi) is 5.39. The zero-order valence-corrected chi connectivity index (χ0v) is 19.5. The van der Waals surface area contributed by atoms with Crippen LogP contribution in [0.3, 0.4) is 0 Å². The molecule has 0 heterocycles. The molecule has 7 atom stereocenters. The Labute approximate surface area is 188 Å². The molecule has 0 aliphatic heterocycles. The quantitative estimate of drug-likeness (QED) is 0.485.